The number of carboxylic acids is 1. The molecule has 0 aliphatic rings. The van der Waals surface area contributed by atoms with Gasteiger partial charge in [0.15, 0.2) is 0 Å². The molecule has 1 N–H and O–H groups in total. The predicted molar refractivity (Wildman–Crippen MR) is 85.0 cm³/mol. The molecule has 2 rings (SSSR count). The summed E-state index contributed by atoms with van der Waals surface area (Å²) in [5, 5.41) is 10.8. The molecule has 1 heterocycles. The molecule has 2 aromatic rings. The number of para-hydroxylation sites is 1. The third kappa shape index (κ3) is 3.92. The van der Waals surface area contributed by atoms with Crippen LogP contribution in [0, 0.1) is 0 Å². The van der Waals surface area contributed by atoms with Crippen molar-refractivity contribution < 1.29 is 9.90 Å². The van der Waals surface area contributed by atoms with E-state index in [4.69, 9.17) is 5.11 Å². The van der Waals surface area contributed by atoms with E-state index >= 15 is 0 Å². The molecule has 0 fully saturated rings. The Kier molecular flexibility index (Phi) is 5.52. The highest BCUT2D eigenvalue weighted by Crippen LogP contribution is 2.25. The lowest BCUT2D eigenvalue weighted by atomic mass is 10.2. The molecule has 0 saturated carbocycles. The summed E-state index contributed by atoms with van der Waals surface area (Å²) in [5.41, 5.74) is 0.676. The summed E-state index contributed by atoms with van der Waals surface area (Å²) in [6.07, 6.45) is 0. The van der Waals surface area contributed by atoms with Gasteiger partial charge in [-0.1, -0.05) is 32.0 Å². The third-order valence-corrected chi connectivity index (χ3v) is 4.27. The summed E-state index contributed by atoms with van der Waals surface area (Å²) in [5.74, 6) is -0.354. The molecule has 5 nitrogen and oxygen atoms in total. The predicted octanol–water partition coefficient (Wildman–Crippen LogP) is 2.76. The summed E-state index contributed by atoms with van der Waals surface area (Å²) in [4.78, 5) is 21.7. The minimum atomic E-state index is -1.09. The average molecular weight is 305 g/mol. The van der Waals surface area contributed by atoms with Crippen molar-refractivity contribution in [3.05, 3.63) is 30.1 Å². The van der Waals surface area contributed by atoms with Gasteiger partial charge in [-0.05, 0) is 19.2 Å². The molecule has 1 aromatic carbocycles. The lowest BCUT2D eigenvalue weighted by Crippen LogP contribution is -2.25. The second-order valence-corrected chi connectivity index (χ2v) is 5.63. The molecule has 0 bridgehead atoms. The van der Waals surface area contributed by atoms with Gasteiger partial charge in [-0.15, -0.1) is 11.8 Å². The number of nitrogens with zero attached hydrogens (tertiary/aromatic N) is 3. The molecule has 0 radical (unpaired) electrons. The van der Waals surface area contributed by atoms with Gasteiger partial charge in [0, 0.05) is 17.7 Å². The minimum Gasteiger partial charge on any atom is -0.475 e. The normalized spacial score (nSPS) is 11.2. The summed E-state index contributed by atoms with van der Waals surface area (Å²) >= 11 is 1.58. The Morgan fingerprint density at radius 3 is 2.62 bits per heavy atom. The van der Waals surface area contributed by atoms with Crippen LogP contribution in [0.4, 0.5) is 0 Å². The molecule has 0 aliphatic heterocycles. The fraction of sp³-hybridized carbons (Fsp3) is 0.400. The van der Waals surface area contributed by atoms with Crippen LogP contribution in [0.5, 0.6) is 0 Å². The first-order chi connectivity index (χ1) is 10.2. The second-order valence-electron chi connectivity index (χ2n) is 4.55. The maximum Gasteiger partial charge on any atom is 0.373 e. The maximum atomic E-state index is 11.1. The molecule has 0 unspecified atom stereocenters. The first-order valence-corrected chi connectivity index (χ1v) is 7.99. The molecule has 0 saturated heterocycles. The van der Waals surface area contributed by atoms with Gasteiger partial charge >= 0.3 is 5.97 Å². The standard InChI is InChI=1S/C15H19N3O2S/c1-3-18(4-2)9-10-21-14-11-7-5-6-8-12(11)16-13(17-14)15(19)20/h5-8H,3-4,9-10H2,1-2H3,(H,19,20). The number of carbonyl (C=O) groups is 1. The van der Waals surface area contributed by atoms with Gasteiger partial charge in [0.2, 0.25) is 5.82 Å². The summed E-state index contributed by atoms with van der Waals surface area (Å²) in [6.45, 7) is 7.26. The highest BCUT2D eigenvalue weighted by molar-refractivity contribution is 7.99. The topological polar surface area (TPSA) is 66.3 Å². The molecular weight excluding hydrogens is 286 g/mol. The first-order valence-electron chi connectivity index (χ1n) is 7.01. The monoisotopic (exact) mass is 305 g/mol. The summed E-state index contributed by atoms with van der Waals surface area (Å²) < 4.78 is 0. The van der Waals surface area contributed by atoms with Crippen LogP contribution in [0.15, 0.2) is 29.3 Å². The van der Waals surface area contributed by atoms with E-state index in [1.807, 2.05) is 24.3 Å². The zero-order chi connectivity index (χ0) is 15.2. The number of hydrogen-bond acceptors (Lipinski definition) is 5. The van der Waals surface area contributed by atoms with Crippen molar-refractivity contribution in [3.63, 3.8) is 0 Å². The van der Waals surface area contributed by atoms with Crippen molar-refractivity contribution in [2.24, 2.45) is 0 Å². The zero-order valence-electron chi connectivity index (χ0n) is 12.2. The Labute approximate surface area is 128 Å². The summed E-state index contributed by atoms with van der Waals surface area (Å²) in [6, 6.07) is 7.52. The summed E-state index contributed by atoms with van der Waals surface area (Å²) in [7, 11) is 0. The van der Waals surface area contributed by atoms with Gasteiger partial charge in [-0.3, -0.25) is 0 Å². The van der Waals surface area contributed by atoms with Gasteiger partial charge in [-0.25, -0.2) is 14.8 Å². The average Bonchev–Trinajstić information content (AvgIpc) is 2.51. The van der Waals surface area contributed by atoms with Crippen molar-refractivity contribution in [2.75, 3.05) is 25.4 Å². The highest BCUT2D eigenvalue weighted by Gasteiger charge is 2.13. The first kappa shape index (κ1) is 15.7. The molecule has 112 valence electrons. The van der Waals surface area contributed by atoms with Crippen molar-refractivity contribution in [1.29, 1.82) is 0 Å². The van der Waals surface area contributed by atoms with Crippen LogP contribution in [-0.2, 0) is 0 Å². The van der Waals surface area contributed by atoms with E-state index < -0.39 is 5.97 Å². The van der Waals surface area contributed by atoms with Gasteiger partial charge in [0.05, 0.1) is 5.52 Å². The number of thioether (sulfide) groups is 1. The number of aromatic nitrogens is 2. The van der Waals surface area contributed by atoms with Gasteiger partial charge < -0.3 is 10.0 Å². The fourth-order valence-electron chi connectivity index (χ4n) is 2.06. The Balaban J connectivity index is 2.23. The van der Waals surface area contributed by atoms with Crippen LogP contribution in [0.1, 0.15) is 24.5 Å². The Bertz CT molecular complexity index is 629. The molecule has 0 atom stereocenters. The smallest absolute Gasteiger partial charge is 0.373 e. The Morgan fingerprint density at radius 1 is 1.24 bits per heavy atom. The van der Waals surface area contributed by atoms with E-state index in [1.165, 1.54) is 0 Å². The molecule has 0 amide bonds. The quantitative estimate of drug-likeness (QED) is 0.627. The minimum absolute atomic E-state index is 0.140. The number of benzene rings is 1. The number of fused-ring (bicyclic) bond motifs is 1. The van der Waals surface area contributed by atoms with Crippen molar-refractivity contribution in [1.82, 2.24) is 14.9 Å². The van der Waals surface area contributed by atoms with E-state index in [9.17, 15) is 4.79 Å². The Hall–Kier alpha value is -1.66. The second kappa shape index (κ2) is 7.38. The number of carboxylic acid groups (broad SMARTS) is 1. The van der Waals surface area contributed by atoms with Crippen LogP contribution in [-0.4, -0.2) is 51.3 Å². The van der Waals surface area contributed by atoms with Crippen molar-refractivity contribution >= 4 is 28.6 Å². The van der Waals surface area contributed by atoms with Crippen LogP contribution in [0.25, 0.3) is 10.9 Å². The molecule has 6 heteroatoms. The number of rotatable bonds is 7. The lowest BCUT2D eigenvalue weighted by molar-refractivity contribution is 0.0683. The number of aromatic carboxylic acids is 1. The molecule has 1 aromatic heterocycles. The van der Waals surface area contributed by atoms with Crippen LogP contribution >= 0.6 is 11.8 Å². The van der Waals surface area contributed by atoms with E-state index in [0.717, 1.165) is 35.8 Å². The third-order valence-electron chi connectivity index (χ3n) is 3.30. The van der Waals surface area contributed by atoms with Crippen LogP contribution < -0.4 is 0 Å². The van der Waals surface area contributed by atoms with E-state index in [-0.39, 0.29) is 5.82 Å². The highest BCUT2D eigenvalue weighted by atomic mass is 32.2. The van der Waals surface area contributed by atoms with E-state index in [2.05, 4.69) is 28.7 Å². The van der Waals surface area contributed by atoms with Gasteiger partial charge in [-0.2, -0.15) is 0 Å². The van der Waals surface area contributed by atoms with E-state index in [1.54, 1.807) is 11.8 Å². The molecule has 0 spiro atoms. The lowest BCUT2D eigenvalue weighted by Gasteiger charge is -2.17. The number of hydrogen-bond donors (Lipinski definition) is 1. The zero-order valence-corrected chi connectivity index (χ0v) is 13.1. The molecule has 0 aliphatic carbocycles. The van der Waals surface area contributed by atoms with Crippen molar-refractivity contribution in [3.8, 4) is 0 Å². The Morgan fingerprint density at radius 2 is 1.95 bits per heavy atom. The largest absolute Gasteiger partial charge is 0.475 e. The van der Waals surface area contributed by atoms with Gasteiger partial charge in [0.25, 0.3) is 0 Å². The van der Waals surface area contributed by atoms with Crippen molar-refractivity contribution in [2.45, 2.75) is 18.9 Å². The maximum absolute atomic E-state index is 11.1. The molecular formula is C15H19N3O2S. The van der Waals surface area contributed by atoms with Gasteiger partial charge in [0.1, 0.15) is 5.03 Å². The SMILES string of the molecule is CCN(CC)CCSc1nc(C(=O)O)nc2ccccc12. The van der Waals surface area contributed by atoms with Crippen LogP contribution in [0.2, 0.25) is 0 Å². The van der Waals surface area contributed by atoms with Crippen LogP contribution in [0.3, 0.4) is 0 Å². The molecule has 21 heavy (non-hydrogen) atoms. The van der Waals surface area contributed by atoms with E-state index in [0.29, 0.717) is 5.52 Å². The fourth-order valence-corrected chi connectivity index (χ4v) is 3.09.